The molecule has 6 nitrogen and oxygen atoms in total. The van der Waals surface area contributed by atoms with Gasteiger partial charge in [-0.2, -0.15) is 0 Å². The number of aliphatic carboxylic acids is 1. The zero-order valence-electron chi connectivity index (χ0n) is 10.2. The van der Waals surface area contributed by atoms with E-state index in [1.165, 1.54) is 6.42 Å². The number of piperidine rings is 1. The highest BCUT2D eigenvalue weighted by Crippen LogP contribution is 2.37. The predicted molar refractivity (Wildman–Crippen MR) is 62.1 cm³/mol. The molecule has 2 bridgehead atoms. The second-order valence-corrected chi connectivity index (χ2v) is 5.52. The number of nitrogens with zero attached hydrogens (tertiary/aromatic N) is 1. The second kappa shape index (κ2) is 4.42. The summed E-state index contributed by atoms with van der Waals surface area (Å²) in [5.74, 6) is -0.870. The summed E-state index contributed by atoms with van der Waals surface area (Å²) < 4.78 is 5.14. The molecular formula is C12H18N2O4. The van der Waals surface area contributed by atoms with Crippen LogP contribution in [-0.2, 0) is 9.53 Å². The van der Waals surface area contributed by atoms with Crippen LogP contribution in [0.1, 0.15) is 19.3 Å². The minimum atomic E-state index is -0.902. The maximum absolute atomic E-state index is 12.1. The highest BCUT2D eigenvalue weighted by molar-refractivity contribution is 5.77. The molecule has 2 aliphatic heterocycles. The van der Waals surface area contributed by atoms with Gasteiger partial charge < -0.3 is 20.1 Å². The number of amides is 2. The molecule has 2 heterocycles. The number of hydrogen-bond donors (Lipinski definition) is 2. The normalized spacial score (nSPS) is 38.1. The van der Waals surface area contributed by atoms with E-state index in [9.17, 15) is 9.59 Å². The molecule has 4 atom stereocenters. The summed E-state index contributed by atoms with van der Waals surface area (Å²) in [7, 11) is 0. The van der Waals surface area contributed by atoms with Gasteiger partial charge in [-0.05, 0) is 25.2 Å². The number of urea groups is 1. The van der Waals surface area contributed by atoms with E-state index in [0.717, 1.165) is 19.4 Å². The number of ether oxygens (including phenoxy) is 1. The number of rotatable bonds is 2. The molecule has 1 aliphatic carbocycles. The van der Waals surface area contributed by atoms with Gasteiger partial charge in [0.2, 0.25) is 0 Å². The molecule has 100 valence electrons. The average molecular weight is 254 g/mol. The minimum Gasteiger partial charge on any atom is -0.481 e. The Labute approximate surface area is 105 Å². The molecule has 0 aromatic carbocycles. The van der Waals surface area contributed by atoms with Crippen LogP contribution in [0.15, 0.2) is 0 Å². The zero-order valence-corrected chi connectivity index (χ0v) is 10.2. The summed E-state index contributed by atoms with van der Waals surface area (Å²) in [5.41, 5.74) is 0. The van der Waals surface area contributed by atoms with Crippen LogP contribution in [0.4, 0.5) is 4.79 Å². The number of nitrogens with one attached hydrogen (secondary N) is 1. The van der Waals surface area contributed by atoms with Crippen LogP contribution < -0.4 is 5.32 Å². The van der Waals surface area contributed by atoms with Gasteiger partial charge in [-0.3, -0.25) is 4.79 Å². The average Bonchev–Trinajstić information content (AvgIpc) is 3.03. The van der Waals surface area contributed by atoms with Gasteiger partial charge in [0.1, 0.15) is 5.92 Å². The largest absolute Gasteiger partial charge is 0.481 e. The van der Waals surface area contributed by atoms with Crippen LogP contribution >= 0.6 is 0 Å². The molecule has 2 amide bonds. The summed E-state index contributed by atoms with van der Waals surface area (Å²) >= 11 is 0. The van der Waals surface area contributed by atoms with Crippen molar-refractivity contribution in [3.63, 3.8) is 0 Å². The smallest absolute Gasteiger partial charge is 0.317 e. The van der Waals surface area contributed by atoms with E-state index in [1.54, 1.807) is 0 Å². The summed E-state index contributed by atoms with van der Waals surface area (Å²) in [4.78, 5) is 25.0. The van der Waals surface area contributed by atoms with Gasteiger partial charge >= 0.3 is 12.0 Å². The van der Waals surface area contributed by atoms with Crippen LogP contribution in [0.3, 0.4) is 0 Å². The molecule has 0 spiro atoms. The lowest BCUT2D eigenvalue weighted by molar-refractivity contribution is -0.142. The number of hydrogen-bond acceptors (Lipinski definition) is 3. The zero-order chi connectivity index (χ0) is 12.7. The maximum Gasteiger partial charge on any atom is 0.317 e. The highest BCUT2D eigenvalue weighted by Gasteiger charge is 2.42. The van der Waals surface area contributed by atoms with E-state index in [1.807, 2.05) is 4.90 Å². The number of fused-ring (bicyclic) bond motifs is 2. The molecule has 4 unspecified atom stereocenters. The maximum atomic E-state index is 12.1. The fourth-order valence-corrected chi connectivity index (χ4v) is 3.35. The van der Waals surface area contributed by atoms with Crippen LogP contribution in [-0.4, -0.2) is 53.8 Å². The molecule has 0 aromatic rings. The van der Waals surface area contributed by atoms with E-state index in [4.69, 9.17) is 9.84 Å². The van der Waals surface area contributed by atoms with E-state index in [2.05, 4.69) is 5.32 Å². The quantitative estimate of drug-likeness (QED) is 0.742. The van der Waals surface area contributed by atoms with Gasteiger partial charge in [0.25, 0.3) is 0 Å². The van der Waals surface area contributed by atoms with E-state index in [-0.39, 0.29) is 12.6 Å². The molecule has 0 radical (unpaired) electrons. The summed E-state index contributed by atoms with van der Waals surface area (Å²) in [6.45, 7) is 1.30. The SMILES string of the molecule is O=C(O)C1COCC1NC(=O)N1CC2CCC1C2. The first-order chi connectivity index (χ1) is 8.65. The molecule has 3 fully saturated rings. The summed E-state index contributed by atoms with van der Waals surface area (Å²) in [6, 6.07) is -0.154. The Kier molecular flexibility index (Phi) is 2.89. The van der Waals surface area contributed by atoms with Crippen molar-refractivity contribution in [2.45, 2.75) is 31.3 Å². The fraction of sp³-hybridized carbons (Fsp3) is 0.833. The van der Waals surface area contributed by atoms with Crippen molar-refractivity contribution in [3.8, 4) is 0 Å². The minimum absolute atomic E-state index is 0.121. The third-order valence-corrected chi connectivity index (χ3v) is 4.38. The molecular weight excluding hydrogens is 236 g/mol. The summed E-state index contributed by atoms with van der Waals surface area (Å²) in [6.07, 6.45) is 3.41. The number of carboxylic acid groups (broad SMARTS) is 1. The molecule has 2 saturated heterocycles. The Hall–Kier alpha value is -1.30. The molecule has 1 saturated carbocycles. The molecule has 6 heteroatoms. The molecule has 3 aliphatic rings. The Bertz CT molecular complexity index is 373. The third kappa shape index (κ3) is 1.94. The van der Waals surface area contributed by atoms with Gasteiger partial charge in [0.15, 0.2) is 0 Å². The van der Waals surface area contributed by atoms with Crippen molar-refractivity contribution in [3.05, 3.63) is 0 Å². The van der Waals surface area contributed by atoms with Crippen molar-refractivity contribution < 1.29 is 19.4 Å². The Balaban J connectivity index is 1.59. The van der Waals surface area contributed by atoms with Crippen LogP contribution in [0.2, 0.25) is 0 Å². The monoisotopic (exact) mass is 254 g/mol. The van der Waals surface area contributed by atoms with Gasteiger partial charge in [-0.15, -0.1) is 0 Å². The lowest BCUT2D eigenvalue weighted by atomic mass is 10.0. The van der Waals surface area contributed by atoms with Crippen LogP contribution in [0, 0.1) is 11.8 Å². The lowest BCUT2D eigenvalue weighted by Gasteiger charge is -2.29. The van der Waals surface area contributed by atoms with Gasteiger partial charge in [-0.1, -0.05) is 0 Å². The number of carbonyl (C=O) groups excluding carboxylic acids is 1. The van der Waals surface area contributed by atoms with Crippen molar-refractivity contribution in [2.75, 3.05) is 19.8 Å². The van der Waals surface area contributed by atoms with Gasteiger partial charge in [0, 0.05) is 12.6 Å². The Morgan fingerprint density at radius 3 is 2.72 bits per heavy atom. The number of carboxylic acids is 1. The van der Waals surface area contributed by atoms with Crippen LogP contribution in [0.25, 0.3) is 0 Å². The molecule has 2 N–H and O–H groups in total. The van der Waals surface area contributed by atoms with Gasteiger partial charge in [0.05, 0.1) is 19.3 Å². The topological polar surface area (TPSA) is 78.9 Å². The molecule has 18 heavy (non-hydrogen) atoms. The van der Waals surface area contributed by atoms with E-state index < -0.39 is 17.9 Å². The summed E-state index contributed by atoms with van der Waals surface area (Å²) in [5, 5.41) is 11.8. The highest BCUT2D eigenvalue weighted by atomic mass is 16.5. The lowest BCUT2D eigenvalue weighted by Crippen LogP contribution is -2.51. The Morgan fingerprint density at radius 2 is 2.11 bits per heavy atom. The molecule has 0 aromatic heterocycles. The van der Waals surface area contributed by atoms with Crippen LogP contribution in [0.5, 0.6) is 0 Å². The number of carbonyl (C=O) groups is 2. The van der Waals surface area contributed by atoms with E-state index >= 15 is 0 Å². The van der Waals surface area contributed by atoms with Crippen molar-refractivity contribution >= 4 is 12.0 Å². The predicted octanol–water partition coefficient (Wildman–Crippen LogP) is 0.280. The molecule has 3 rings (SSSR count). The first kappa shape index (κ1) is 11.8. The standard InChI is InChI=1S/C12H18N2O4/c15-11(16)9-5-18-6-10(9)13-12(17)14-4-7-1-2-8(14)3-7/h7-10H,1-6H2,(H,13,17)(H,15,16). The third-order valence-electron chi connectivity index (χ3n) is 4.38. The van der Waals surface area contributed by atoms with Crippen molar-refractivity contribution in [1.29, 1.82) is 0 Å². The first-order valence-corrected chi connectivity index (χ1v) is 6.53. The Morgan fingerprint density at radius 1 is 1.28 bits per heavy atom. The van der Waals surface area contributed by atoms with Crippen molar-refractivity contribution in [2.24, 2.45) is 11.8 Å². The second-order valence-electron chi connectivity index (χ2n) is 5.52. The first-order valence-electron chi connectivity index (χ1n) is 6.53. The fourth-order valence-electron chi connectivity index (χ4n) is 3.35. The van der Waals surface area contributed by atoms with Gasteiger partial charge in [-0.25, -0.2) is 4.79 Å². The van der Waals surface area contributed by atoms with Crippen molar-refractivity contribution in [1.82, 2.24) is 10.2 Å². The number of likely N-dealkylation sites (tertiary alicyclic amines) is 1. The van der Waals surface area contributed by atoms with E-state index in [0.29, 0.717) is 18.6 Å².